The van der Waals surface area contributed by atoms with Crippen LogP contribution < -0.4 is 15.0 Å². The average Bonchev–Trinajstić information content (AvgIpc) is 2.85. The van der Waals surface area contributed by atoms with Gasteiger partial charge in [0.1, 0.15) is 22.7 Å². The third-order valence-corrected chi connectivity index (χ3v) is 8.74. The lowest BCUT2D eigenvalue weighted by Gasteiger charge is -2.48. The summed E-state index contributed by atoms with van der Waals surface area (Å²) in [4.78, 5) is 12.6. The fourth-order valence-electron chi connectivity index (χ4n) is 4.39. The van der Waals surface area contributed by atoms with E-state index in [1.807, 2.05) is 0 Å². The van der Waals surface area contributed by atoms with Crippen LogP contribution in [0.3, 0.4) is 0 Å². The number of rotatable bonds is 4. The van der Waals surface area contributed by atoms with Gasteiger partial charge < -0.3 is 19.7 Å². The largest absolute Gasteiger partial charge is 0.508 e. The van der Waals surface area contributed by atoms with E-state index in [1.54, 1.807) is 45.0 Å². The molecule has 0 saturated carbocycles. The van der Waals surface area contributed by atoms with Gasteiger partial charge in [-0.1, -0.05) is 12.1 Å². The van der Waals surface area contributed by atoms with E-state index in [-0.39, 0.29) is 27.0 Å². The number of aromatic nitrogens is 2. The van der Waals surface area contributed by atoms with Gasteiger partial charge in [0.05, 0.1) is 20.6 Å². The number of hydrogen-bond acceptors (Lipinski definition) is 8. The van der Waals surface area contributed by atoms with E-state index in [0.29, 0.717) is 22.1 Å². The number of hydrogen-bond donors (Lipinski definition) is 2. The Bertz CT molecular complexity index is 1690. The van der Waals surface area contributed by atoms with E-state index >= 15 is 0 Å². The number of phenolic OH excluding ortho intramolecular Hbond substituents is 1. The number of nitrogens with zero attached hydrogens (tertiary/aromatic N) is 2. The molecule has 2 N–H and O–H groups in total. The van der Waals surface area contributed by atoms with Crippen LogP contribution in [0.1, 0.15) is 32.4 Å². The van der Waals surface area contributed by atoms with Gasteiger partial charge in [-0.25, -0.2) is 13.1 Å². The smallest absolute Gasteiger partial charge is 0.274 e. The molecule has 0 saturated heterocycles. The Kier molecular flexibility index (Phi) is 5.58. The maximum Gasteiger partial charge on any atom is 0.274 e. The number of ether oxygens (including phenoxy) is 2. The van der Waals surface area contributed by atoms with E-state index in [4.69, 9.17) is 9.47 Å². The van der Waals surface area contributed by atoms with Crippen LogP contribution in [0.2, 0.25) is 0 Å². The molecule has 10 heteroatoms. The van der Waals surface area contributed by atoms with Crippen molar-refractivity contribution in [3.8, 4) is 17.4 Å². The highest BCUT2D eigenvalue weighted by atomic mass is 32.2. The first kappa shape index (κ1) is 24.8. The number of aliphatic hydroxyl groups is 1. The first-order valence-electron chi connectivity index (χ1n) is 11.5. The van der Waals surface area contributed by atoms with E-state index in [1.165, 1.54) is 49.5 Å². The van der Waals surface area contributed by atoms with Gasteiger partial charge in [-0.2, -0.15) is 0 Å². The average molecular weight is 523 g/mol. The molecule has 0 aliphatic carbocycles. The topological polar surface area (TPSA) is 128 Å². The van der Waals surface area contributed by atoms with Gasteiger partial charge in [-0.05, 0) is 75.4 Å². The van der Waals surface area contributed by atoms with Crippen LogP contribution in [0.5, 0.6) is 17.4 Å². The standard InChI is InChI=1S/C27H26N2O7S/c1-26(2)27(3,32)23(35-24-19-7-5-6-8-20(19)25(31)29(4)28-24)21-15-18(13-14-22(21)36-26)37(33,34)17-11-9-16(30)10-12-17/h5-15,23,30,32H,1-4H3. The predicted molar refractivity (Wildman–Crippen MR) is 136 cm³/mol. The number of phenols is 1. The van der Waals surface area contributed by atoms with Crippen molar-refractivity contribution in [2.75, 3.05) is 0 Å². The Labute approximate surface area is 213 Å². The summed E-state index contributed by atoms with van der Waals surface area (Å²) in [6, 6.07) is 16.4. The third-order valence-electron chi connectivity index (χ3n) is 6.97. The number of benzene rings is 3. The highest BCUT2D eigenvalue weighted by Crippen LogP contribution is 2.49. The van der Waals surface area contributed by atoms with Crippen LogP contribution in [-0.2, 0) is 16.9 Å². The maximum absolute atomic E-state index is 13.4. The summed E-state index contributed by atoms with van der Waals surface area (Å²) in [6.07, 6.45) is -1.10. The van der Waals surface area contributed by atoms with Crippen LogP contribution in [0, 0.1) is 0 Å². The van der Waals surface area contributed by atoms with Crippen molar-refractivity contribution in [2.45, 2.75) is 47.9 Å². The minimum atomic E-state index is -3.96. The van der Waals surface area contributed by atoms with Gasteiger partial charge in [0.15, 0.2) is 6.10 Å². The van der Waals surface area contributed by atoms with Gasteiger partial charge in [-0.3, -0.25) is 4.79 Å². The molecule has 0 amide bonds. The molecule has 2 unspecified atom stereocenters. The molecule has 5 rings (SSSR count). The molecule has 2 heterocycles. The van der Waals surface area contributed by atoms with Gasteiger partial charge >= 0.3 is 0 Å². The van der Waals surface area contributed by atoms with Crippen LogP contribution in [-0.4, -0.2) is 39.6 Å². The lowest BCUT2D eigenvalue weighted by atomic mass is 9.77. The van der Waals surface area contributed by atoms with Gasteiger partial charge in [0.2, 0.25) is 15.7 Å². The predicted octanol–water partition coefficient (Wildman–Crippen LogP) is 3.51. The first-order valence-corrected chi connectivity index (χ1v) is 13.0. The Hall–Kier alpha value is -3.89. The summed E-state index contributed by atoms with van der Waals surface area (Å²) in [6.45, 7) is 4.96. The SMILES string of the molecule is Cn1nc(OC2c3cc(S(=O)(=O)c4ccc(O)cc4)ccc3OC(C)(C)C2(C)O)c2ccccc2c1=O. The number of aryl methyl sites for hydroxylation is 1. The van der Waals surface area contributed by atoms with Crippen molar-refractivity contribution >= 4 is 20.6 Å². The van der Waals surface area contributed by atoms with E-state index < -0.39 is 27.1 Å². The fourth-order valence-corrected chi connectivity index (χ4v) is 5.69. The molecule has 0 fully saturated rings. The normalized spacial score (nSPS) is 20.7. The summed E-state index contributed by atoms with van der Waals surface area (Å²) in [5, 5.41) is 26.4. The Morgan fingerprint density at radius 2 is 1.59 bits per heavy atom. The zero-order valence-corrected chi connectivity index (χ0v) is 21.5. The zero-order chi connectivity index (χ0) is 26.8. The zero-order valence-electron chi connectivity index (χ0n) is 20.7. The van der Waals surface area contributed by atoms with Crippen molar-refractivity contribution in [3.05, 3.63) is 82.6 Å². The number of aromatic hydroxyl groups is 1. The highest BCUT2D eigenvalue weighted by Gasteiger charge is 2.54. The Morgan fingerprint density at radius 3 is 2.27 bits per heavy atom. The molecule has 1 aliphatic rings. The molecule has 0 radical (unpaired) electrons. The van der Waals surface area contributed by atoms with Gasteiger partial charge in [0, 0.05) is 12.6 Å². The Morgan fingerprint density at radius 1 is 0.973 bits per heavy atom. The van der Waals surface area contributed by atoms with Crippen LogP contribution in [0.15, 0.2) is 81.3 Å². The molecule has 3 aromatic carbocycles. The molecular weight excluding hydrogens is 496 g/mol. The molecule has 9 nitrogen and oxygen atoms in total. The molecule has 37 heavy (non-hydrogen) atoms. The van der Waals surface area contributed by atoms with Crippen molar-refractivity contribution in [2.24, 2.45) is 7.05 Å². The fraction of sp³-hybridized carbons (Fsp3) is 0.259. The molecule has 1 aromatic heterocycles. The summed E-state index contributed by atoms with van der Waals surface area (Å²) in [5.74, 6) is 0.403. The van der Waals surface area contributed by atoms with Crippen molar-refractivity contribution in [3.63, 3.8) is 0 Å². The van der Waals surface area contributed by atoms with E-state index in [2.05, 4.69) is 5.10 Å². The molecule has 2 atom stereocenters. The second-order valence-electron chi connectivity index (χ2n) is 9.73. The van der Waals surface area contributed by atoms with Crippen molar-refractivity contribution in [1.82, 2.24) is 9.78 Å². The van der Waals surface area contributed by atoms with Crippen LogP contribution in [0.25, 0.3) is 10.8 Å². The first-order chi connectivity index (χ1) is 17.3. The van der Waals surface area contributed by atoms with Crippen molar-refractivity contribution in [1.29, 1.82) is 0 Å². The summed E-state index contributed by atoms with van der Waals surface area (Å²) in [5.41, 5.74) is -2.76. The highest BCUT2D eigenvalue weighted by molar-refractivity contribution is 7.91. The summed E-state index contributed by atoms with van der Waals surface area (Å²) >= 11 is 0. The summed E-state index contributed by atoms with van der Waals surface area (Å²) in [7, 11) is -2.46. The monoisotopic (exact) mass is 522 g/mol. The number of fused-ring (bicyclic) bond motifs is 2. The van der Waals surface area contributed by atoms with E-state index in [9.17, 15) is 23.4 Å². The van der Waals surface area contributed by atoms with Crippen LogP contribution >= 0.6 is 0 Å². The van der Waals surface area contributed by atoms with Gasteiger partial charge in [0.25, 0.3) is 5.56 Å². The second kappa shape index (κ2) is 8.32. The minimum Gasteiger partial charge on any atom is -0.508 e. The van der Waals surface area contributed by atoms with Crippen molar-refractivity contribution < 1.29 is 28.1 Å². The molecule has 4 aromatic rings. The lowest BCUT2D eigenvalue weighted by Crippen LogP contribution is -2.59. The number of sulfone groups is 1. The summed E-state index contributed by atoms with van der Waals surface area (Å²) < 4.78 is 40.3. The quantitative estimate of drug-likeness (QED) is 0.417. The Balaban J connectivity index is 1.69. The van der Waals surface area contributed by atoms with Crippen LogP contribution in [0.4, 0.5) is 0 Å². The molecule has 0 bridgehead atoms. The van der Waals surface area contributed by atoms with Gasteiger partial charge in [-0.15, -0.1) is 5.10 Å². The molecule has 1 aliphatic heterocycles. The molecular formula is C27H26N2O7S. The third kappa shape index (κ3) is 3.93. The minimum absolute atomic E-state index is 0.00254. The lowest BCUT2D eigenvalue weighted by molar-refractivity contribution is -0.175. The molecule has 192 valence electrons. The van der Waals surface area contributed by atoms with E-state index in [0.717, 1.165) is 4.68 Å². The second-order valence-corrected chi connectivity index (χ2v) is 11.7. The molecule has 0 spiro atoms. The maximum atomic E-state index is 13.4.